The monoisotopic (exact) mass is 212 g/mol. The van der Waals surface area contributed by atoms with Crippen LogP contribution in [0.1, 0.15) is 35.8 Å². The van der Waals surface area contributed by atoms with Gasteiger partial charge in [0, 0.05) is 11.4 Å². The molecule has 0 saturated heterocycles. The summed E-state index contributed by atoms with van der Waals surface area (Å²) in [5, 5.41) is 4.63. The lowest BCUT2D eigenvalue weighted by Crippen LogP contribution is -2.16. The van der Waals surface area contributed by atoms with Crippen LogP contribution in [0.15, 0.2) is 0 Å². The molecule has 0 amide bonds. The van der Waals surface area contributed by atoms with Crippen molar-refractivity contribution in [3.05, 3.63) is 15.6 Å². The Morgan fingerprint density at radius 2 is 2.07 bits per heavy atom. The molecule has 0 fully saturated rings. The highest BCUT2D eigenvalue weighted by Crippen LogP contribution is 2.16. The standard InChI is InChI=1S/C11H20N2S/c1-8(2)5-6-12-7-11-9(3)13-10(4)14-11/h8,12H,5-7H2,1-4H3. The quantitative estimate of drug-likeness (QED) is 0.759. The number of aromatic nitrogens is 1. The summed E-state index contributed by atoms with van der Waals surface area (Å²) in [4.78, 5) is 5.78. The summed E-state index contributed by atoms with van der Waals surface area (Å²) < 4.78 is 0. The van der Waals surface area contributed by atoms with Gasteiger partial charge in [0.2, 0.25) is 0 Å². The van der Waals surface area contributed by atoms with Gasteiger partial charge in [0.25, 0.3) is 0 Å². The van der Waals surface area contributed by atoms with Crippen molar-refractivity contribution in [2.24, 2.45) is 5.92 Å². The summed E-state index contributed by atoms with van der Waals surface area (Å²) in [6.45, 7) is 10.7. The van der Waals surface area contributed by atoms with E-state index in [0.29, 0.717) is 0 Å². The maximum atomic E-state index is 4.40. The first-order valence-corrected chi connectivity index (χ1v) is 6.05. The highest BCUT2D eigenvalue weighted by molar-refractivity contribution is 7.11. The Labute approximate surface area is 90.8 Å². The molecule has 0 aliphatic carbocycles. The average Bonchev–Trinajstić information content (AvgIpc) is 2.39. The van der Waals surface area contributed by atoms with E-state index in [4.69, 9.17) is 0 Å². The van der Waals surface area contributed by atoms with Gasteiger partial charge >= 0.3 is 0 Å². The smallest absolute Gasteiger partial charge is 0.0900 e. The number of aryl methyl sites for hydroxylation is 2. The van der Waals surface area contributed by atoms with Crippen LogP contribution in [0.2, 0.25) is 0 Å². The van der Waals surface area contributed by atoms with Gasteiger partial charge in [-0.15, -0.1) is 11.3 Å². The number of nitrogens with zero attached hydrogens (tertiary/aromatic N) is 1. The first-order chi connectivity index (χ1) is 6.59. The van der Waals surface area contributed by atoms with Gasteiger partial charge in [-0.25, -0.2) is 4.98 Å². The maximum absolute atomic E-state index is 4.40. The largest absolute Gasteiger partial charge is 0.312 e. The van der Waals surface area contributed by atoms with E-state index in [-0.39, 0.29) is 0 Å². The van der Waals surface area contributed by atoms with Crippen molar-refractivity contribution in [3.8, 4) is 0 Å². The Morgan fingerprint density at radius 1 is 1.36 bits per heavy atom. The number of thiazole rings is 1. The summed E-state index contributed by atoms with van der Waals surface area (Å²) in [5.41, 5.74) is 1.18. The second-order valence-corrected chi connectivity index (χ2v) is 5.39. The molecule has 1 aromatic heterocycles. The van der Waals surface area contributed by atoms with E-state index in [1.54, 1.807) is 11.3 Å². The summed E-state index contributed by atoms with van der Waals surface area (Å²) in [5.74, 6) is 0.784. The normalized spacial score (nSPS) is 11.2. The molecule has 2 nitrogen and oxygen atoms in total. The molecule has 0 saturated carbocycles. The number of rotatable bonds is 5. The van der Waals surface area contributed by atoms with Crippen molar-refractivity contribution in [2.45, 2.75) is 40.7 Å². The van der Waals surface area contributed by atoms with Gasteiger partial charge in [-0.1, -0.05) is 13.8 Å². The molecule has 0 bridgehead atoms. The van der Waals surface area contributed by atoms with Gasteiger partial charge in [-0.3, -0.25) is 0 Å². The molecule has 0 atom stereocenters. The lowest BCUT2D eigenvalue weighted by molar-refractivity contribution is 0.538. The summed E-state index contributed by atoms with van der Waals surface area (Å²) >= 11 is 1.80. The van der Waals surface area contributed by atoms with E-state index in [1.165, 1.54) is 22.0 Å². The van der Waals surface area contributed by atoms with Crippen LogP contribution in [0.4, 0.5) is 0 Å². The molecule has 1 rings (SSSR count). The van der Waals surface area contributed by atoms with Gasteiger partial charge in [0.15, 0.2) is 0 Å². The molecule has 0 unspecified atom stereocenters. The minimum Gasteiger partial charge on any atom is -0.312 e. The molecule has 0 aliphatic heterocycles. The van der Waals surface area contributed by atoms with Crippen LogP contribution >= 0.6 is 11.3 Å². The molecule has 0 radical (unpaired) electrons. The van der Waals surface area contributed by atoms with Crippen molar-refractivity contribution in [2.75, 3.05) is 6.54 Å². The Balaban J connectivity index is 2.28. The number of nitrogens with one attached hydrogen (secondary N) is 1. The first kappa shape index (κ1) is 11.7. The molecule has 0 aliphatic rings. The molecule has 1 heterocycles. The van der Waals surface area contributed by atoms with Gasteiger partial charge < -0.3 is 5.32 Å². The van der Waals surface area contributed by atoms with Crippen LogP contribution < -0.4 is 5.32 Å². The van der Waals surface area contributed by atoms with Crippen LogP contribution in [0, 0.1) is 19.8 Å². The van der Waals surface area contributed by atoms with Crippen LogP contribution in [-0.4, -0.2) is 11.5 Å². The van der Waals surface area contributed by atoms with Crippen molar-refractivity contribution >= 4 is 11.3 Å². The van der Waals surface area contributed by atoms with E-state index in [9.17, 15) is 0 Å². The molecule has 0 aromatic carbocycles. The van der Waals surface area contributed by atoms with E-state index in [1.807, 2.05) is 0 Å². The zero-order valence-electron chi connectivity index (χ0n) is 9.55. The van der Waals surface area contributed by atoms with Gasteiger partial charge in [-0.05, 0) is 32.7 Å². The van der Waals surface area contributed by atoms with Crippen LogP contribution in [-0.2, 0) is 6.54 Å². The number of hydrogen-bond donors (Lipinski definition) is 1. The maximum Gasteiger partial charge on any atom is 0.0900 e. The van der Waals surface area contributed by atoms with Crippen LogP contribution in [0.5, 0.6) is 0 Å². The number of hydrogen-bond acceptors (Lipinski definition) is 3. The fourth-order valence-electron chi connectivity index (χ4n) is 1.33. The van der Waals surface area contributed by atoms with E-state index in [0.717, 1.165) is 19.0 Å². The van der Waals surface area contributed by atoms with Crippen molar-refractivity contribution in [1.29, 1.82) is 0 Å². The molecule has 1 N–H and O–H groups in total. The molecular weight excluding hydrogens is 192 g/mol. The third-order valence-corrected chi connectivity index (χ3v) is 3.26. The molecule has 0 spiro atoms. The predicted molar refractivity (Wildman–Crippen MR) is 62.7 cm³/mol. The highest BCUT2D eigenvalue weighted by atomic mass is 32.1. The zero-order chi connectivity index (χ0) is 10.6. The minimum atomic E-state index is 0.784. The van der Waals surface area contributed by atoms with E-state index in [2.05, 4.69) is 38.0 Å². The van der Waals surface area contributed by atoms with E-state index >= 15 is 0 Å². The average molecular weight is 212 g/mol. The molecular formula is C11H20N2S. The Bertz CT molecular complexity index is 279. The van der Waals surface area contributed by atoms with Gasteiger partial charge in [-0.2, -0.15) is 0 Å². The summed E-state index contributed by atoms with van der Waals surface area (Å²) in [7, 11) is 0. The zero-order valence-corrected chi connectivity index (χ0v) is 10.4. The lowest BCUT2D eigenvalue weighted by atomic mass is 10.1. The van der Waals surface area contributed by atoms with Crippen molar-refractivity contribution in [3.63, 3.8) is 0 Å². The van der Waals surface area contributed by atoms with Crippen molar-refractivity contribution in [1.82, 2.24) is 10.3 Å². The molecule has 80 valence electrons. The minimum absolute atomic E-state index is 0.784. The highest BCUT2D eigenvalue weighted by Gasteiger charge is 2.03. The van der Waals surface area contributed by atoms with Gasteiger partial charge in [0.05, 0.1) is 10.7 Å². The Hall–Kier alpha value is -0.410. The van der Waals surface area contributed by atoms with Crippen molar-refractivity contribution < 1.29 is 0 Å². The lowest BCUT2D eigenvalue weighted by Gasteiger charge is -2.05. The van der Waals surface area contributed by atoms with Crippen LogP contribution in [0.3, 0.4) is 0 Å². The third kappa shape index (κ3) is 3.76. The summed E-state index contributed by atoms with van der Waals surface area (Å²) in [6, 6.07) is 0. The second-order valence-electron chi connectivity index (χ2n) is 4.10. The topological polar surface area (TPSA) is 24.9 Å². The van der Waals surface area contributed by atoms with E-state index < -0.39 is 0 Å². The first-order valence-electron chi connectivity index (χ1n) is 5.23. The molecule has 1 aromatic rings. The van der Waals surface area contributed by atoms with Crippen LogP contribution in [0.25, 0.3) is 0 Å². The fourth-order valence-corrected chi connectivity index (χ4v) is 2.24. The van der Waals surface area contributed by atoms with Gasteiger partial charge in [0.1, 0.15) is 0 Å². The third-order valence-electron chi connectivity index (χ3n) is 2.18. The molecule has 14 heavy (non-hydrogen) atoms. The summed E-state index contributed by atoms with van der Waals surface area (Å²) in [6.07, 6.45) is 1.25. The SMILES string of the molecule is Cc1nc(C)c(CNCCC(C)C)s1. The fraction of sp³-hybridized carbons (Fsp3) is 0.727. The Morgan fingerprint density at radius 3 is 2.57 bits per heavy atom. The second kappa shape index (κ2) is 5.47. The molecule has 3 heteroatoms. The Kier molecular flexibility index (Phi) is 4.55. The predicted octanol–water partition coefficient (Wildman–Crippen LogP) is 2.90.